The standard InChI is InChI=1S/2C4H4O4.2CH3.Sn/c2*5-3(6)1-2-4(7)8;;;/h2*1-2H,(H,5,6)(H,7,8);2*1H3;/b2*2-1-;;;. The van der Waals surface area contributed by atoms with Gasteiger partial charge in [0.05, 0.1) is 0 Å². The van der Waals surface area contributed by atoms with E-state index in [9.17, 15) is 19.2 Å². The number of aliphatic carboxylic acids is 4. The summed E-state index contributed by atoms with van der Waals surface area (Å²) in [5.74, 6) is -5.03. The number of carbonyl (C=O) groups is 4. The molecule has 0 atom stereocenters. The molecule has 19 heavy (non-hydrogen) atoms. The van der Waals surface area contributed by atoms with Gasteiger partial charge in [0, 0.05) is 24.3 Å². The average molecular weight is 381 g/mol. The summed E-state index contributed by atoms with van der Waals surface area (Å²) in [4.78, 5) is 42.8. The Morgan fingerprint density at radius 1 is 0.632 bits per heavy atom. The Kier molecular flexibility index (Phi) is 19.0. The first-order valence-corrected chi connectivity index (χ1v) is 10.2. The molecule has 0 amide bonds. The third kappa shape index (κ3) is 48.7. The summed E-state index contributed by atoms with van der Waals surface area (Å²) in [5, 5.41) is 31.2. The van der Waals surface area contributed by atoms with Gasteiger partial charge < -0.3 is 20.4 Å². The predicted molar refractivity (Wildman–Crippen MR) is 66.3 cm³/mol. The first-order valence-electron chi connectivity index (χ1n) is 4.53. The summed E-state index contributed by atoms with van der Waals surface area (Å²) >= 11 is 0.230. The maximum absolute atomic E-state index is 9.55. The fraction of sp³-hybridized carbons (Fsp3) is 0.200. The molecule has 0 fully saturated rings. The molecule has 0 aromatic rings. The molecular formula is C10H14O8Sn. The van der Waals surface area contributed by atoms with Crippen LogP contribution >= 0.6 is 0 Å². The average Bonchev–Trinajstić information content (AvgIpc) is 2.25. The van der Waals surface area contributed by atoms with Gasteiger partial charge in [-0.3, -0.25) is 0 Å². The molecule has 0 aromatic heterocycles. The van der Waals surface area contributed by atoms with E-state index in [0.717, 1.165) is 0 Å². The second-order valence-electron chi connectivity index (χ2n) is 2.52. The first kappa shape index (κ1) is 22.3. The summed E-state index contributed by atoms with van der Waals surface area (Å²) in [6.45, 7) is 0. The van der Waals surface area contributed by atoms with Crippen LogP contribution in [0.2, 0.25) is 9.88 Å². The van der Waals surface area contributed by atoms with Crippen LogP contribution in [-0.4, -0.2) is 65.4 Å². The number of hydrogen-bond acceptors (Lipinski definition) is 4. The van der Waals surface area contributed by atoms with Crippen molar-refractivity contribution >= 4 is 45.0 Å². The fourth-order valence-corrected chi connectivity index (χ4v) is 0.285. The van der Waals surface area contributed by atoms with E-state index in [1.54, 1.807) is 0 Å². The van der Waals surface area contributed by atoms with Crippen molar-refractivity contribution in [3.63, 3.8) is 0 Å². The van der Waals surface area contributed by atoms with E-state index in [2.05, 4.69) is 9.88 Å². The fourth-order valence-electron chi connectivity index (χ4n) is 0.285. The molecule has 9 heteroatoms. The molecule has 0 saturated heterocycles. The van der Waals surface area contributed by atoms with Crippen LogP contribution in [0.5, 0.6) is 0 Å². The van der Waals surface area contributed by atoms with Crippen molar-refractivity contribution < 1.29 is 39.6 Å². The molecule has 4 N–H and O–H groups in total. The molecule has 0 aliphatic heterocycles. The minimum absolute atomic E-state index is 0.230. The summed E-state index contributed by atoms with van der Waals surface area (Å²) in [5.41, 5.74) is 0. The van der Waals surface area contributed by atoms with E-state index in [1.807, 2.05) is 0 Å². The molecule has 0 bridgehead atoms. The molecule has 0 saturated carbocycles. The minimum atomic E-state index is -1.26. The number of hydrogen-bond donors (Lipinski definition) is 4. The summed E-state index contributed by atoms with van der Waals surface area (Å²) in [7, 11) is 0. The molecule has 0 aliphatic carbocycles. The summed E-state index contributed by atoms with van der Waals surface area (Å²) in [6, 6.07) is 0. The van der Waals surface area contributed by atoms with E-state index in [0.29, 0.717) is 24.3 Å². The Morgan fingerprint density at radius 2 is 0.737 bits per heavy atom. The van der Waals surface area contributed by atoms with Gasteiger partial charge in [-0.25, -0.2) is 19.2 Å². The van der Waals surface area contributed by atoms with Crippen molar-refractivity contribution in [1.29, 1.82) is 0 Å². The normalized spacial score (nSPS) is 8.95. The Bertz CT molecular complexity index is 293. The Morgan fingerprint density at radius 3 is 0.789 bits per heavy atom. The first-order chi connectivity index (χ1) is 8.67. The van der Waals surface area contributed by atoms with Gasteiger partial charge in [-0.15, -0.1) is 0 Å². The maximum atomic E-state index is 9.55. The van der Waals surface area contributed by atoms with E-state index >= 15 is 0 Å². The molecule has 0 aromatic carbocycles. The van der Waals surface area contributed by atoms with Crippen LogP contribution in [0.4, 0.5) is 0 Å². The van der Waals surface area contributed by atoms with Crippen molar-refractivity contribution in [2.75, 3.05) is 0 Å². The van der Waals surface area contributed by atoms with Gasteiger partial charge in [0.2, 0.25) is 0 Å². The van der Waals surface area contributed by atoms with Gasteiger partial charge in [0.25, 0.3) is 0 Å². The topological polar surface area (TPSA) is 149 Å². The third-order valence-corrected chi connectivity index (χ3v) is 0.737. The quantitative estimate of drug-likeness (QED) is 0.399. The molecular weight excluding hydrogens is 367 g/mol. The van der Waals surface area contributed by atoms with Gasteiger partial charge in [-0.05, 0) is 0 Å². The summed E-state index contributed by atoms with van der Waals surface area (Å²) < 4.78 is 0. The van der Waals surface area contributed by atoms with Crippen LogP contribution in [0.1, 0.15) is 0 Å². The zero-order valence-corrected chi connectivity index (χ0v) is 13.1. The van der Waals surface area contributed by atoms with Crippen molar-refractivity contribution in [3.05, 3.63) is 24.3 Å². The van der Waals surface area contributed by atoms with Crippen LogP contribution in [0, 0.1) is 0 Å². The second-order valence-corrected chi connectivity index (χ2v) is 5.37. The van der Waals surface area contributed by atoms with Crippen molar-refractivity contribution in [2.24, 2.45) is 0 Å². The van der Waals surface area contributed by atoms with Crippen molar-refractivity contribution in [2.45, 2.75) is 9.88 Å². The van der Waals surface area contributed by atoms with Crippen LogP contribution in [0.25, 0.3) is 0 Å². The Labute approximate surface area is 119 Å². The number of carboxylic acids is 4. The van der Waals surface area contributed by atoms with Crippen LogP contribution in [-0.2, 0) is 19.2 Å². The van der Waals surface area contributed by atoms with Crippen LogP contribution < -0.4 is 0 Å². The van der Waals surface area contributed by atoms with Crippen molar-refractivity contribution in [3.8, 4) is 0 Å². The zero-order chi connectivity index (χ0) is 15.8. The van der Waals surface area contributed by atoms with Crippen molar-refractivity contribution in [1.82, 2.24) is 0 Å². The molecule has 2 radical (unpaired) electrons. The monoisotopic (exact) mass is 382 g/mol. The Hall–Kier alpha value is -1.84. The molecule has 0 spiro atoms. The number of rotatable bonds is 4. The number of carboxylic acid groups (broad SMARTS) is 4. The van der Waals surface area contributed by atoms with Gasteiger partial charge in [-0.2, -0.15) is 0 Å². The predicted octanol–water partition coefficient (Wildman–Crippen LogP) is 0.210. The zero-order valence-electron chi connectivity index (χ0n) is 10.2. The van der Waals surface area contributed by atoms with Gasteiger partial charge in [0.1, 0.15) is 0 Å². The van der Waals surface area contributed by atoms with Gasteiger partial charge in [-0.1, -0.05) is 0 Å². The summed E-state index contributed by atoms with van der Waals surface area (Å²) in [6.07, 6.45) is 2.23. The van der Waals surface area contributed by atoms with Crippen LogP contribution in [0.3, 0.4) is 0 Å². The molecule has 0 unspecified atom stereocenters. The van der Waals surface area contributed by atoms with E-state index in [4.69, 9.17) is 20.4 Å². The van der Waals surface area contributed by atoms with E-state index in [-0.39, 0.29) is 21.1 Å². The molecule has 0 aliphatic rings. The Balaban J connectivity index is -0.000000224. The second kappa shape index (κ2) is 16.2. The van der Waals surface area contributed by atoms with Crippen LogP contribution in [0.15, 0.2) is 24.3 Å². The molecule has 0 heterocycles. The van der Waals surface area contributed by atoms with Gasteiger partial charge in [0.15, 0.2) is 0 Å². The molecule has 0 rings (SSSR count). The van der Waals surface area contributed by atoms with E-state index < -0.39 is 23.9 Å². The molecule has 8 nitrogen and oxygen atoms in total. The van der Waals surface area contributed by atoms with Gasteiger partial charge >= 0.3 is 54.9 Å². The third-order valence-electron chi connectivity index (χ3n) is 0.737. The molecule has 106 valence electrons. The SMILES string of the molecule is O=C(O)/C=C\C(=O)O.O=C(O)/C=C\C(=O)O.[CH3][Sn][CH3]. The van der Waals surface area contributed by atoms with E-state index in [1.165, 1.54) is 0 Å².